The molecule has 0 aromatic carbocycles. The number of aromatic nitrogens is 2. The van der Waals surface area contributed by atoms with E-state index in [9.17, 15) is 18.0 Å². The third kappa shape index (κ3) is 3.49. The number of rotatable bonds is 2. The molecule has 1 aliphatic heterocycles. The molecule has 1 fully saturated rings. The number of amides is 1. The number of alkyl halides is 3. The van der Waals surface area contributed by atoms with Crippen molar-refractivity contribution in [3.8, 4) is 0 Å². The van der Waals surface area contributed by atoms with Crippen molar-refractivity contribution in [1.29, 1.82) is 0 Å². The molecule has 1 aromatic rings. The average Bonchev–Trinajstić information content (AvgIpc) is 2.38. The van der Waals surface area contributed by atoms with Gasteiger partial charge in [-0.3, -0.25) is 0 Å². The monoisotopic (exact) mass is 290 g/mol. The van der Waals surface area contributed by atoms with E-state index in [1.807, 2.05) is 0 Å². The zero-order chi connectivity index (χ0) is 14.8. The predicted molar refractivity (Wildman–Crippen MR) is 63.4 cm³/mol. The molecule has 6 nitrogen and oxygen atoms in total. The van der Waals surface area contributed by atoms with Gasteiger partial charge in [0.25, 0.3) is 0 Å². The van der Waals surface area contributed by atoms with Crippen LogP contribution in [0.4, 0.5) is 23.9 Å². The topological polar surface area (TPSA) is 78.4 Å². The lowest BCUT2D eigenvalue weighted by Gasteiger charge is -2.31. The van der Waals surface area contributed by atoms with Gasteiger partial charge in [0.1, 0.15) is 0 Å². The van der Waals surface area contributed by atoms with E-state index in [2.05, 4.69) is 15.3 Å². The van der Waals surface area contributed by atoms with E-state index in [1.165, 1.54) is 0 Å². The average molecular weight is 290 g/mol. The maximum atomic E-state index is 12.4. The summed E-state index contributed by atoms with van der Waals surface area (Å²) in [5.41, 5.74) is -0.885. The Labute approximate surface area is 112 Å². The Morgan fingerprint density at radius 3 is 2.30 bits per heavy atom. The molecule has 1 aliphatic rings. The molecule has 9 heteroatoms. The summed E-state index contributed by atoms with van der Waals surface area (Å²) in [5, 5.41) is 11.0. The molecule has 2 heterocycles. The first-order valence-electron chi connectivity index (χ1n) is 6.00. The Hall–Kier alpha value is -2.06. The van der Waals surface area contributed by atoms with Crippen molar-refractivity contribution >= 4 is 12.0 Å². The number of piperidine rings is 1. The predicted octanol–water partition coefficient (Wildman–Crippen LogP) is 1.73. The number of halogens is 3. The van der Waals surface area contributed by atoms with Gasteiger partial charge in [-0.2, -0.15) is 13.2 Å². The number of anilines is 1. The van der Waals surface area contributed by atoms with Gasteiger partial charge in [-0.1, -0.05) is 0 Å². The molecule has 20 heavy (non-hydrogen) atoms. The third-order valence-electron chi connectivity index (χ3n) is 3.07. The number of hydrogen-bond acceptors (Lipinski definition) is 4. The molecule has 1 aromatic heterocycles. The van der Waals surface area contributed by atoms with Gasteiger partial charge in [-0.25, -0.2) is 14.8 Å². The SMILES string of the molecule is O=C(O)NC1CCN(c2ncc(C(F)(F)F)cn2)CC1. The van der Waals surface area contributed by atoms with Crippen LogP contribution in [0, 0.1) is 0 Å². The fraction of sp³-hybridized carbons (Fsp3) is 0.545. The molecule has 0 spiro atoms. The minimum absolute atomic E-state index is 0.141. The fourth-order valence-corrected chi connectivity index (χ4v) is 2.03. The van der Waals surface area contributed by atoms with Gasteiger partial charge in [0, 0.05) is 31.5 Å². The Morgan fingerprint density at radius 2 is 1.85 bits per heavy atom. The lowest BCUT2D eigenvalue weighted by atomic mass is 10.1. The summed E-state index contributed by atoms with van der Waals surface area (Å²) in [6.07, 6.45) is -2.88. The Morgan fingerprint density at radius 1 is 1.30 bits per heavy atom. The summed E-state index contributed by atoms with van der Waals surface area (Å²) in [5.74, 6) is 0.228. The second-order valence-corrected chi connectivity index (χ2v) is 4.48. The van der Waals surface area contributed by atoms with Crippen LogP contribution in [0.3, 0.4) is 0 Å². The van der Waals surface area contributed by atoms with E-state index in [0.29, 0.717) is 25.9 Å². The Bertz CT molecular complexity index is 470. The van der Waals surface area contributed by atoms with E-state index in [-0.39, 0.29) is 12.0 Å². The van der Waals surface area contributed by atoms with Crippen LogP contribution in [-0.4, -0.2) is 40.3 Å². The highest BCUT2D eigenvalue weighted by atomic mass is 19.4. The van der Waals surface area contributed by atoms with Crippen LogP contribution < -0.4 is 10.2 Å². The van der Waals surface area contributed by atoms with Crippen molar-refractivity contribution in [2.75, 3.05) is 18.0 Å². The highest BCUT2D eigenvalue weighted by Crippen LogP contribution is 2.28. The van der Waals surface area contributed by atoms with Crippen molar-refractivity contribution < 1.29 is 23.1 Å². The first-order chi connectivity index (χ1) is 9.36. The third-order valence-corrected chi connectivity index (χ3v) is 3.07. The quantitative estimate of drug-likeness (QED) is 0.867. The lowest BCUT2D eigenvalue weighted by Crippen LogP contribution is -2.44. The lowest BCUT2D eigenvalue weighted by molar-refractivity contribution is -0.138. The number of carboxylic acid groups (broad SMARTS) is 1. The first-order valence-corrected chi connectivity index (χ1v) is 6.00. The first kappa shape index (κ1) is 14.4. The van der Waals surface area contributed by atoms with Crippen molar-refractivity contribution in [2.24, 2.45) is 0 Å². The molecule has 0 aliphatic carbocycles. The van der Waals surface area contributed by atoms with Crippen molar-refractivity contribution in [2.45, 2.75) is 25.1 Å². The van der Waals surface area contributed by atoms with Crippen LogP contribution in [0.2, 0.25) is 0 Å². The van der Waals surface area contributed by atoms with E-state index in [1.54, 1.807) is 4.90 Å². The van der Waals surface area contributed by atoms with Crippen LogP contribution in [-0.2, 0) is 6.18 Å². The van der Waals surface area contributed by atoms with E-state index >= 15 is 0 Å². The van der Waals surface area contributed by atoms with Gasteiger partial charge < -0.3 is 15.3 Å². The molecule has 0 atom stereocenters. The summed E-state index contributed by atoms with van der Waals surface area (Å²) in [6, 6.07) is -0.141. The smallest absolute Gasteiger partial charge is 0.419 e. The van der Waals surface area contributed by atoms with Gasteiger partial charge in [-0.15, -0.1) is 0 Å². The van der Waals surface area contributed by atoms with Crippen molar-refractivity contribution in [3.05, 3.63) is 18.0 Å². The molecular formula is C11H13F3N4O2. The van der Waals surface area contributed by atoms with Crippen LogP contribution in [0.5, 0.6) is 0 Å². The fourth-order valence-electron chi connectivity index (χ4n) is 2.03. The van der Waals surface area contributed by atoms with Crippen LogP contribution >= 0.6 is 0 Å². The maximum absolute atomic E-state index is 12.4. The summed E-state index contributed by atoms with van der Waals surface area (Å²) in [6.45, 7) is 0.993. The minimum Gasteiger partial charge on any atom is -0.465 e. The summed E-state index contributed by atoms with van der Waals surface area (Å²) in [7, 11) is 0. The molecular weight excluding hydrogens is 277 g/mol. The highest BCUT2D eigenvalue weighted by Gasteiger charge is 2.31. The summed E-state index contributed by atoms with van der Waals surface area (Å²) in [4.78, 5) is 19.7. The Kier molecular flexibility index (Phi) is 3.96. The molecule has 0 saturated carbocycles. The van der Waals surface area contributed by atoms with Gasteiger partial charge >= 0.3 is 12.3 Å². The van der Waals surface area contributed by atoms with Gasteiger partial charge in [-0.05, 0) is 12.8 Å². The van der Waals surface area contributed by atoms with Gasteiger partial charge in [0.2, 0.25) is 5.95 Å². The second-order valence-electron chi connectivity index (χ2n) is 4.48. The number of nitrogens with one attached hydrogen (secondary N) is 1. The summed E-state index contributed by atoms with van der Waals surface area (Å²) < 4.78 is 37.1. The standard InChI is InChI=1S/C11H13F3N4O2/c12-11(13,14)7-5-15-9(16-6-7)18-3-1-8(2-4-18)17-10(19)20/h5-6,8,17H,1-4H2,(H,19,20). The van der Waals surface area contributed by atoms with Crippen LogP contribution in [0.15, 0.2) is 12.4 Å². The molecule has 110 valence electrons. The maximum Gasteiger partial charge on any atom is 0.419 e. The second kappa shape index (κ2) is 5.51. The molecule has 2 N–H and O–H groups in total. The minimum atomic E-state index is -4.45. The van der Waals surface area contributed by atoms with Crippen LogP contribution in [0.25, 0.3) is 0 Å². The van der Waals surface area contributed by atoms with Gasteiger partial charge in [0.15, 0.2) is 0 Å². The molecule has 0 unspecified atom stereocenters. The molecule has 0 bridgehead atoms. The summed E-state index contributed by atoms with van der Waals surface area (Å²) >= 11 is 0. The van der Waals surface area contributed by atoms with Gasteiger partial charge in [0.05, 0.1) is 5.56 Å². The van der Waals surface area contributed by atoms with Crippen LogP contribution in [0.1, 0.15) is 18.4 Å². The Balaban J connectivity index is 1.95. The van der Waals surface area contributed by atoms with E-state index < -0.39 is 17.8 Å². The number of nitrogens with zero attached hydrogens (tertiary/aromatic N) is 3. The molecule has 1 saturated heterocycles. The molecule has 0 radical (unpaired) electrons. The number of hydrogen-bond donors (Lipinski definition) is 2. The zero-order valence-corrected chi connectivity index (χ0v) is 10.4. The van der Waals surface area contributed by atoms with Crippen molar-refractivity contribution in [3.63, 3.8) is 0 Å². The van der Waals surface area contributed by atoms with Crippen molar-refractivity contribution in [1.82, 2.24) is 15.3 Å². The highest BCUT2D eigenvalue weighted by molar-refractivity contribution is 5.64. The largest absolute Gasteiger partial charge is 0.465 e. The molecule has 1 amide bonds. The van der Waals surface area contributed by atoms with E-state index in [0.717, 1.165) is 12.4 Å². The normalized spacial score (nSPS) is 17.1. The zero-order valence-electron chi connectivity index (χ0n) is 10.4. The number of carbonyl (C=O) groups is 1. The van der Waals surface area contributed by atoms with E-state index in [4.69, 9.17) is 5.11 Å². The molecule has 2 rings (SSSR count).